The van der Waals surface area contributed by atoms with Gasteiger partial charge in [0.15, 0.2) is 11.6 Å². The minimum atomic E-state index is -4.87. The Hall–Kier alpha value is -3.49. The first kappa shape index (κ1) is 29.5. The maximum atomic E-state index is 14.8. The molecule has 10 nitrogen and oxygen atoms in total. The van der Waals surface area contributed by atoms with Gasteiger partial charge in [0.25, 0.3) is 5.95 Å². The monoisotopic (exact) mass is 622 g/mol. The predicted molar refractivity (Wildman–Crippen MR) is 136 cm³/mol. The Balaban J connectivity index is 1.96. The first-order valence-electron chi connectivity index (χ1n) is 11.3. The average molecular weight is 624 g/mol. The van der Waals surface area contributed by atoms with E-state index < -0.39 is 46.8 Å². The minimum Gasteiger partial charge on any atom is -0.447 e. The molecular weight excluding hydrogens is 607 g/mol. The van der Waals surface area contributed by atoms with Crippen molar-refractivity contribution in [2.24, 2.45) is 4.99 Å². The number of hydrogen-bond acceptors (Lipinski definition) is 8. The highest BCUT2D eigenvalue weighted by Crippen LogP contribution is 2.41. The number of anilines is 1. The molecule has 0 bridgehead atoms. The van der Waals surface area contributed by atoms with Crippen molar-refractivity contribution >= 4 is 58.6 Å². The summed E-state index contributed by atoms with van der Waals surface area (Å²) in [5.41, 5.74) is -2.33. The minimum absolute atomic E-state index is 0.0429. The number of carbonyl (C=O) groups excluding carboxylic acids is 2. The third kappa shape index (κ3) is 5.69. The van der Waals surface area contributed by atoms with Crippen molar-refractivity contribution in [3.63, 3.8) is 0 Å². The summed E-state index contributed by atoms with van der Waals surface area (Å²) in [7, 11) is 0. The molecule has 0 saturated carbocycles. The van der Waals surface area contributed by atoms with E-state index in [1.807, 2.05) is 0 Å². The van der Waals surface area contributed by atoms with Crippen LogP contribution in [0.15, 0.2) is 35.5 Å². The number of aromatic nitrogens is 4. The molecule has 212 valence electrons. The van der Waals surface area contributed by atoms with Gasteiger partial charge in [0.1, 0.15) is 24.9 Å². The van der Waals surface area contributed by atoms with Crippen LogP contribution >= 0.6 is 34.8 Å². The molecule has 1 aliphatic rings. The van der Waals surface area contributed by atoms with Gasteiger partial charge >= 0.3 is 18.4 Å². The zero-order chi connectivity index (χ0) is 29.2. The van der Waals surface area contributed by atoms with Crippen LogP contribution in [0.25, 0.3) is 5.69 Å². The molecule has 1 unspecified atom stereocenters. The van der Waals surface area contributed by atoms with E-state index in [0.717, 1.165) is 16.8 Å². The van der Waals surface area contributed by atoms with Gasteiger partial charge in [0.05, 0.1) is 33.7 Å². The maximum absolute atomic E-state index is 14.8. The number of nitrogens with zero attached hydrogens (tertiary/aromatic N) is 6. The third-order valence-electron chi connectivity index (χ3n) is 5.36. The summed E-state index contributed by atoms with van der Waals surface area (Å²) in [5, 5.41) is 3.38. The Morgan fingerprint density at radius 1 is 1.10 bits per heavy atom. The van der Waals surface area contributed by atoms with Gasteiger partial charge in [0, 0.05) is 11.8 Å². The number of halogens is 7. The molecule has 2 amide bonds. The summed E-state index contributed by atoms with van der Waals surface area (Å²) < 4.78 is 67.2. The first-order valence-corrected chi connectivity index (χ1v) is 12.8. The van der Waals surface area contributed by atoms with Crippen LogP contribution < -0.4 is 4.90 Å². The van der Waals surface area contributed by atoms with Crippen LogP contribution in [0.5, 0.6) is 0 Å². The molecule has 1 aromatic carbocycles. The second-order valence-electron chi connectivity index (χ2n) is 7.93. The fraction of sp³-hybridized carbons (Fsp3) is 0.304. The van der Waals surface area contributed by atoms with E-state index in [2.05, 4.69) is 20.1 Å². The van der Waals surface area contributed by atoms with Crippen LogP contribution in [0.3, 0.4) is 0 Å². The van der Waals surface area contributed by atoms with Gasteiger partial charge < -0.3 is 9.47 Å². The van der Waals surface area contributed by atoms with Gasteiger partial charge in [-0.25, -0.2) is 18.7 Å². The van der Waals surface area contributed by atoms with Crippen molar-refractivity contribution in [1.29, 1.82) is 0 Å². The van der Waals surface area contributed by atoms with Gasteiger partial charge in [-0.2, -0.15) is 18.2 Å². The van der Waals surface area contributed by atoms with E-state index in [-0.39, 0.29) is 53.5 Å². The molecule has 17 heteroatoms. The van der Waals surface area contributed by atoms with Crippen LogP contribution in [-0.4, -0.2) is 62.6 Å². The lowest BCUT2D eigenvalue weighted by atomic mass is 10.0. The molecular formula is C23H17Cl3F4N6O4. The zero-order valence-corrected chi connectivity index (χ0v) is 22.5. The first-order chi connectivity index (χ1) is 19.0. The lowest BCUT2D eigenvalue weighted by Gasteiger charge is -2.18. The van der Waals surface area contributed by atoms with E-state index in [4.69, 9.17) is 44.3 Å². The molecule has 40 heavy (non-hydrogen) atoms. The van der Waals surface area contributed by atoms with Crippen molar-refractivity contribution in [3.05, 3.63) is 63.9 Å². The van der Waals surface area contributed by atoms with Crippen molar-refractivity contribution in [3.8, 4) is 5.69 Å². The Labute approximate surface area is 238 Å². The summed E-state index contributed by atoms with van der Waals surface area (Å²) in [4.78, 5) is 38.3. The molecule has 2 aromatic heterocycles. The lowest BCUT2D eigenvalue weighted by Crippen LogP contribution is -2.39. The third-order valence-corrected chi connectivity index (χ3v) is 6.06. The molecule has 0 N–H and O–H groups in total. The summed E-state index contributed by atoms with van der Waals surface area (Å²) in [6.45, 7) is 0.939. The second kappa shape index (κ2) is 11.9. The molecule has 4 rings (SSSR count). The number of imide groups is 1. The van der Waals surface area contributed by atoms with Crippen molar-refractivity contribution in [2.75, 3.05) is 29.9 Å². The number of hydrogen-bond donors (Lipinski definition) is 0. The standard InChI is InChI=1S/C23H17Cl3F4N6O4/c1-11-19-33-20(35(21(37)39-9-6-24)22(38)40-10-7-25)34-36(19)14-5-4-12(23(28,29)30)16(26)15(14)18(32-11)17-13(27)3-2-8-31-17/h2-5,8,11H,6-7,9-10H2,1H3. The van der Waals surface area contributed by atoms with E-state index in [1.54, 1.807) is 0 Å². The highest BCUT2D eigenvalue weighted by atomic mass is 35.5. The molecule has 0 fully saturated rings. The van der Waals surface area contributed by atoms with Gasteiger partial charge in [-0.3, -0.25) is 9.98 Å². The average Bonchev–Trinajstić information content (AvgIpc) is 3.29. The highest BCUT2D eigenvalue weighted by molar-refractivity contribution is 6.37. The van der Waals surface area contributed by atoms with Crippen LogP contribution in [0, 0.1) is 5.82 Å². The van der Waals surface area contributed by atoms with E-state index >= 15 is 0 Å². The van der Waals surface area contributed by atoms with Crippen molar-refractivity contribution < 1.29 is 36.6 Å². The molecule has 0 saturated heterocycles. The lowest BCUT2D eigenvalue weighted by molar-refractivity contribution is -0.137. The van der Waals surface area contributed by atoms with Crippen molar-refractivity contribution in [2.45, 2.75) is 19.1 Å². The van der Waals surface area contributed by atoms with Crippen molar-refractivity contribution in [1.82, 2.24) is 19.7 Å². The normalized spacial score (nSPS) is 14.5. The Bertz CT molecular complexity index is 1460. The maximum Gasteiger partial charge on any atom is 0.426 e. The number of rotatable bonds is 6. The number of fused-ring (bicyclic) bond motifs is 3. The van der Waals surface area contributed by atoms with Crippen LogP contribution in [0.1, 0.15) is 35.6 Å². The van der Waals surface area contributed by atoms with Crippen LogP contribution in [0.4, 0.5) is 33.1 Å². The Morgan fingerprint density at radius 2 is 1.75 bits per heavy atom. The number of benzene rings is 1. The van der Waals surface area contributed by atoms with E-state index in [9.17, 15) is 27.2 Å². The number of amides is 2. The quantitative estimate of drug-likeness (QED) is 0.247. The topological polar surface area (TPSA) is 112 Å². The van der Waals surface area contributed by atoms with E-state index in [1.165, 1.54) is 19.2 Å². The molecule has 0 radical (unpaired) electrons. The predicted octanol–water partition coefficient (Wildman–Crippen LogP) is 5.94. The highest BCUT2D eigenvalue weighted by Gasteiger charge is 2.39. The molecule has 1 aliphatic heterocycles. The number of alkyl halides is 5. The zero-order valence-electron chi connectivity index (χ0n) is 20.3. The molecule has 3 heterocycles. The summed E-state index contributed by atoms with van der Waals surface area (Å²) in [6, 6.07) is 3.08. The number of pyridine rings is 1. The Morgan fingerprint density at radius 3 is 2.33 bits per heavy atom. The number of aliphatic imine (C=N–C) groups is 1. The molecule has 0 spiro atoms. The molecule has 1 atom stereocenters. The van der Waals surface area contributed by atoms with Crippen LogP contribution in [-0.2, 0) is 15.7 Å². The number of carbonyl (C=O) groups is 2. The van der Waals surface area contributed by atoms with E-state index in [0.29, 0.717) is 11.0 Å². The fourth-order valence-electron chi connectivity index (χ4n) is 3.72. The summed E-state index contributed by atoms with van der Waals surface area (Å²) in [6.07, 6.45) is -6.11. The summed E-state index contributed by atoms with van der Waals surface area (Å²) in [5.74, 6) is -1.63. The molecule has 0 aliphatic carbocycles. The van der Waals surface area contributed by atoms with Crippen LogP contribution in [0.2, 0.25) is 5.02 Å². The smallest absolute Gasteiger partial charge is 0.426 e. The van der Waals surface area contributed by atoms with Gasteiger partial charge in [0.2, 0.25) is 0 Å². The second-order valence-corrected chi connectivity index (χ2v) is 9.06. The molecule has 3 aromatic rings. The fourth-order valence-corrected chi connectivity index (χ4v) is 4.23. The van der Waals surface area contributed by atoms with Gasteiger partial charge in [-0.05, 0) is 31.2 Å². The van der Waals surface area contributed by atoms with Gasteiger partial charge in [-0.1, -0.05) is 11.6 Å². The Kier molecular flexibility index (Phi) is 8.80. The summed E-state index contributed by atoms with van der Waals surface area (Å²) >= 11 is 17.4. The largest absolute Gasteiger partial charge is 0.447 e. The number of ether oxygens (including phenoxy) is 2. The van der Waals surface area contributed by atoms with Gasteiger partial charge in [-0.15, -0.1) is 33.2 Å². The SMILES string of the molecule is CC1N=C(c2ncccc2F)c2c(ccc(C(F)(F)F)c2Cl)-n2nc(N(C(=O)OCCCl)C(=O)OCCCl)nc21.